The van der Waals surface area contributed by atoms with Crippen molar-refractivity contribution in [2.45, 2.75) is 16.7 Å². The molecule has 0 unspecified atom stereocenters. The fourth-order valence-electron chi connectivity index (χ4n) is 3.60. The maximum absolute atomic E-state index is 13.1. The van der Waals surface area contributed by atoms with E-state index in [2.05, 4.69) is 0 Å². The van der Waals surface area contributed by atoms with E-state index in [1.54, 1.807) is 24.3 Å². The Labute approximate surface area is 228 Å². The zero-order valence-electron chi connectivity index (χ0n) is 21.0. The van der Waals surface area contributed by atoms with Gasteiger partial charge in [0, 0.05) is 17.7 Å². The SMILES string of the molecule is Cc1ccc(C(=O)Oc2ccc(C(=O)COC(=O)c3ccccc3S(=O)(=O)c3ccc([N+](=O)[O-])cc3)cc2)cc1. The predicted molar refractivity (Wildman–Crippen MR) is 142 cm³/mol. The molecule has 0 aliphatic rings. The van der Waals surface area contributed by atoms with Crippen molar-refractivity contribution in [3.8, 4) is 5.75 Å². The Morgan fingerprint density at radius 1 is 0.775 bits per heavy atom. The van der Waals surface area contributed by atoms with E-state index in [0.717, 1.165) is 29.8 Å². The second kappa shape index (κ2) is 11.7. The lowest BCUT2D eigenvalue weighted by Gasteiger charge is -2.11. The molecule has 0 N–H and O–H groups in total. The molecule has 0 heterocycles. The Bertz CT molecular complexity index is 1690. The molecule has 202 valence electrons. The number of hydrogen-bond donors (Lipinski definition) is 0. The molecular weight excluding hydrogens is 538 g/mol. The zero-order valence-corrected chi connectivity index (χ0v) is 21.8. The smallest absolute Gasteiger partial charge is 0.343 e. The maximum Gasteiger partial charge on any atom is 0.343 e. The van der Waals surface area contributed by atoms with Gasteiger partial charge in [-0.3, -0.25) is 14.9 Å². The van der Waals surface area contributed by atoms with E-state index in [1.165, 1.54) is 48.5 Å². The van der Waals surface area contributed by atoms with Crippen LogP contribution >= 0.6 is 0 Å². The van der Waals surface area contributed by atoms with E-state index < -0.39 is 39.1 Å². The van der Waals surface area contributed by atoms with Gasteiger partial charge in [-0.05, 0) is 67.6 Å². The first-order valence-corrected chi connectivity index (χ1v) is 13.2. The van der Waals surface area contributed by atoms with Crippen LogP contribution in [0.15, 0.2) is 107 Å². The van der Waals surface area contributed by atoms with Crippen LogP contribution in [0, 0.1) is 17.0 Å². The molecule has 0 saturated carbocycles. The number of hydrogen-bond acceptors (Lipinski definition) is 9. The number of sulfone groups is 1. The standard InChI is InChI=1S/C29H21NO9S/c1-19-6-8-21(9-7-19)28(32)39-23-14-10-20(11-15-23)26(31)18-38-29(33)25-4-2-3-5-27(25)40(36,37)24-16-12-22(13-17-24)30(34)35/h2-17H,18H2,1H3. The summed E-state index contributed by atoms with van der Waals surface area (Å²) in [4.78, 5) is 47.2. The number of ether oxygens (including phenoxy) is 2. The molecule has 0 radical (unpaired) electrons. The van der Waals surface area contributed by atoms with Crippen LogP contribution in [0.4, 0.5) is 5.69 Å². The van der Waals surface area contributed by atoms with Crippen molar-refractivity contribution < 1.29 is 37.2 Å². The van der Waals surface area contributed by atoms with Gasteiger partial charge in [0.1, 0.15) is 5.75 Å². The number of Topliss-reactive ketones (excluding diaryl/α,β-unsaturated/α-hetero) is 1. The normalized spacial score (nSPS) is 10.9. The summed E-state index contributed by atoms with van der Waals surface area (Å²) in [6, 6.07) is 22.0. The van der Waals surface area contributed by atoms with Gasteiger partial charge in [0.25, 0.3) is 5.69 Å². The van der Waals surface area contributed by atoms with Crippen LogP contribution < -0.4 is 4.74 Å². The summed E-state index contributed by atoms with van der Waals surface area (Å²) in [6.07, 6.45) is 0. The molecule has 10 nitrogen and oxygen atoms in total. The van der Waals surface area contributed by atoms with Gasteiger partial charge in [-0.15, -0.1) is 0 Å². The van der Waals surface area contributed by atoms with Crippen LogP contribution in [0.25, 0.3) is 0 Å². The zero-order chi connectivity index (χ0) is 28.9. The lowest BCUT2D eigenvalue weighted by Crippen LogP contribution is -2.17. The van der Waals surface area contributed by atoms with E-state index >= 15 is 0 Å². The third-order valence-electron chi connectivity index (χ3n) is 5.76. The first-order chi connectivity index (χ1) is 19.1. The molecular formula is C29H21NO9S. The molecule has 0 spiro atoms. The van der Waals surface area contributed by atoms with Crippen molar-refractivity contribution >= 4 is 33.2 Å². The summed E-state index contributed by atoms with van der Waals surface area (Å²) in [5, 5.41) is 10.9. The molecule has 0 saturated heterocycles. The Hall–Kier alpha value is -5.16. The van der Waals surface area contributed by atoms with Crippen LogP contribution in [0.2, 0.25) is 0 Å². The molecule has 4 aromatic carbocycles. The molecule has 4 rings (SSSR count). The van der Waals surface area contributed by atoms with Crippen molar-refractivity contribution in [1.82, 2.24) is 0 Å². The number of ketones is 1. The molecule has 40 heavy (non-hydrogen) atoms. The Morgan fingerprint density at radius 3 is 2.00 bits per heavy atom. The van der Waals surface area contributed by atoms with Crippen molar-refractivity contribution in [3.05, 3.63) is 129 Å². The number of rotatable bonds is 9. The van der Waals surface area contributed by atoms with E-state index in [4.69, 9.17) is 9.47 Å². The fraction of sp³-hybridized carbons (Fsp3) is 0.0690. The van der Waals surface area contributed by atoms with Crippen LogP contribution in [0.1, 0.15) is 36.6 Å². The number of carbonyl (C=O) groups excluding carboxylic acids is 3. The summed E-state index contributed by atoms with van der Waals surface area (Å²) in [6.45, 7) is 1.22. The molecule has 0 amide bonds. The highest BCUT2D eigenvalue weighted by atomic mass is 32.2. The van der Waals surface area contributed by atoms with Crippen LogP contribution in [-0.4, -0.2) is 37.7 Å². The molecule has 0 bridgehead atoms. The number of nitro groups is 1. The first-order valence-electron chi connectivity index (χ1n) is 11.7. The number of aryl methyl sites for hydroxylation is 1. The Balaban J connectivity index is 1.42. The number of nitrogens with zero attached hydrogens (tertiary/aromatic N) is 1. The van der Waals surface area contributed by atoms with Crippen molar-refractivity contribution in [3.63, 3.8) is 0 Å². The van der Waals surface area contributed by atoms with E-state index in [-0.39, 0.29) is 32.4 Å². The summed E-state index contributed by atoms with van der Waals surface area (Å²) < 4.78 is 36.7. The Morgan fingerprint density at radius 2 is 1.38 bits per heavy atom. The van der Waals surface area contributed by atoms with Gasteiger partial charge < -0.3 is 9.47 Å². The molecule has 0 atom stereocenters. The van der Waals surface area contributed by atoms with Crippen molar-refractivity contribution in [2.75, 3.05) is 6.61 Å². The second-order valence-corrected chi connectivity index (χ2v) is 10.4. The van der Waals surface area contributed by atoms with Crippen molar-refractivity contribution in [1.29, 1.82) is 0 Å². The molecule has 0 aromatic heterocycles. The molecule has 0 fully saturated rings. The Kier molecular flexibility index (Phi) is 8.15. The third-order valence-corrected chi connectivity index (χ3v) is 7.59. The van der Waals surface area contributed by atoms with Crippen molar-refractivity contribution in [2.24, 2.45) is 0 Å². The van der Waals surface area contributed by atoms with Gasteiger partial charge in [-0.1, -0.05) is 29.8 Å². The number of nitro benzene ring substituents is 1. The first kappa shape index (κ1) is 27.9. The average Bonchev–Trinajstić information content (AvgIpc) is 2.96. The minimum Gasteiger partial charge on any atom is -0.454 e. The summed E-state index contributed by atoms with van der Waals surface area (Å²) in [5.41, 5.74) is 0.951. The van der Waals surface area contributed by atoms with E-state index in [0.29, 0.717) is 5.56 Å². The number of esters is 2. The number of benzene rings is 4. The van der Waals surface area contributed by atoms with Gasteiger partial charge in [-0.2, -0.15) is 0 Å². The lowest BCUT2D eigenvalue weighted by atomic mass is 10.1. The minimum atomic E-state index is -4.23. The number of carbonyl (C=O) groups is 3. The predicted octanol–water partition coefficient (Wildman–Crippen LogP) is 4.99. The molecule has 11 heteroatoms. The quantitative estimate of drug-likeness (QED) is 0.0909. The third kappa shape index (κ3) is 6.27. The lowest BCUT2D eigenvalue weighted by molar-refractivity contribution is -0.384. The highest BCUT2D eigenvalue weighted by Crippen LogP contribution is 2.26. The van der Waals surface area contributed by atoms with Crippen LogP contribution in [-0.2, 0) is 14.6 Å². The van der Waals surface area contributed by atoms with Crippen LogP contribution in [0.5, 0.6) is 5.75 Å². The van der Waals surface area contributed by atoms with Gasteiger partial charge in [0.05, 0.1) is 25.8 Å². The highest BCUT2D eigenvalue weighted by Gasteiger charge is 2.26. The number of non-ortho nitro benzene ring substituents is 1. The fourth-order valence-corrected chi connectivity index (χ4v) is 5.05. The summed E-state index contributed by atoms with van der Waals surface area (Å²) in [5.74, 6) is -1.96. The van der Waals surface area contributed by atoms with E-state index in [9.17, 15) is 32.9 Å². The second-order valence-electron chi connectivity index (χ2n) is 8.53. The van der Waals surface area contributed by atoms with Gasteiger partial charge in [-0.25, -0.2) is 18.0 Å². The molecule has 4 aromatic rings. The van der Waals surface area contributed by atoms with Gasteiger partial charge >= 0.3 is 11.9 Å². The average molecular weight is 560 g/mol. The van der Waals surface area contributed by atoms with Crippen LogP contribution in [0.3, 0.4) is 0 Å². The van der Waals surface area contributed by atoms with E-state index in [1.807, 2.05) is 6.92 Å². The molecule has 0 aliphatic carbocycles. The summed E-state index contributed by atoms with van der Waals surface area (Å²) in [7, 11) is -4.23. The maximum atomic E-state index is 13.1. The van der Waals surface area contributed by atoms with Gasteiger partial charge in [0.15, 0.2) is 12.4 Å². The van der Waals surface area contributed by atoms with Gasteiger partial charge in [0.2, 0.25) is 9.84 Å². The highest BCUT2D eigenvalue weighted by molar-refractivity contribution is 7.91. The summed E-state index contributed by atoms with van der Waals surface area (Å²) >= 11 is 0. The topological polar surface area (TPSA) is 147 Å². The largest absolute Gasteiger partial charge is 0.454 e. The molecule has 0 aliphatic heterocycles. The monoisotopic (exact) mass is 559 g/mol. The minimum absolute atomic E-state index is 0.176.